The molecule has 0 saturated carbocycles. The number of halogens is 1. The fourth-order valence-corrected chi connectivity index (χ4v) is 1.74. The van der Waals surface area contributed by atoms with Crippen LogP contribution in [-0.2, 0) is 0 Å². The Morgan fingerprint density at radius 2 is 1.77 bits per heavy atom. The number of nitrogens with zero attached hydrogens (tertiary/aromatic N) is 1. The second-order valence-corrected chi connectivity index (χ2v) is 5.17. The van der Waals surface area contributed by atoms with E-state index in [0.29, 0.717) is 12.0 Å². The van der Waals surface area contributed by atoms with Crippen LogP contribution < -0.4 is 0 Å². The molecule has 0 rings (SSSR count). The highest BCUT2D eigenvalue weighted by Crippen LogP contribution is 2.07. The van der Waals surface area contributed by atoms with Gasteiger partial charge in [-0.05, 0) is 19.8 Å². The molecule has 0 aromatic rings. The molecule has 1 N–H and O–H groups in total. The van der Waals surface area contributed by atoms with Crippen molar-refractivity contribution in [2.45, 2.75) is 39.8 Å². The van der Waals surface area contributed by atoms with Crippen LogP contribution in [0.25, 0.3) is 0 Å². The van der Waals surface area contributed by atoms with Crippen LogP contribution in [0.15, 0.2) is 0 Å². The van der Waals surface area contributed by atoms with Crippen molar-refractivity contribution in [3.05, 3.63) is 0 Å². The van der Waals surface area contributed by atoms with E-state index < -0.39 is 0 Å². The molecular formula is C10H22INO. The highest BCUT2D eigenvalue weighted by atomic mass is 127. The van der Waals surface area contributed by atoms with Crippen LogP contribution in [0.2, 0.25) is 0 Å². The molecule has 1 unspecified atom stereocenters. The molecule has 2 nitrogen and oxygen atoms in total. The van der Waals surface area contributed by atoms with Gasteiger partial charge in [-0.2, -0.15) is 0 Å². The topological polar surface area (TPSA) is 23.5 Å². The number of alkyl halides is 1. The quantitative estimate of drug-likeness (QED) is 0.600. The molecule has 13 heavy (non-hydrogen) atoms. The molecule has 0 spiro atoms. The van der Waals surface area contributed by atoms with E-state index in [-0.39, 0.29) is 6.10 Å². The van der Waals surface area contributed by atoms with Gasteiger partial charge >= 0.3 is 0 Å². The SMILES string of the molecule is CC(C)C(O)CN(CCI)C(C)C. The van der Waals surface area contributed by atoms with Crippen LogP contribution in [0, 0.1) is 5.92 Å². The molecule has 1 atom stereocenters. The molecular weight excluding hydrogens is 277 g/mol. The summed E-state index contributed by atoms with van der Waals surface area (Å²) in [5.74, 6) is 0.357. The zero-order valence-electron chi connectivity index (χ0n) is 9.13. The smallest absolute Gasteiger partial charge is 0.0690 e. The molecule has 0 aliphatic heterocycles. The predicted molar refractivity (Wildman–Crippen MR) is 66.4 cm³/mol. The van der Waals surface area contributed by atoms with E-state index in [0.717, 1.165) is 17.5 Å². The number of hydrogen-bond acceptors (Lipinski definition) is 2. The molecule has 0 amide bonds. The minimum Gasteiger partial charge on any atom is -0.392 e. The van der Waals surface area contributed by atoms with E-state index in [1.807, 2.05) is 0 Å². The van der Waals surface area contributed by atoms with Gasteiger partial charge in [-0.25, -0.2) is 0 Å². The van der Waals surface area contributed by atoms with E-state index >= 15 is 0 Å². The van der Waals surface area contributed by atoms with Crippen molar-refractivity contribution >= 4 is 22.6 Å². The molecule has 0 fully saturated rings. The lowest BCUT2D eigenvalue weighted by molar-refractivity contribution is 0.0670. The van der Waals surface area contributed by atoms with Crippen LogP contribution in [0.3, 0.4) is 0 Å². The van der Waals surface area contributed by atoms with E-state index in [1.165, 1.54) is 0 Å². The maximum absolute atomic E-state index is 9.73. The van der Waals surface area contributed by atoms with Crippen molar-refractivity contribution in [2.24, 2.45) is 5.92 Å². The van der Waals surface area contributed by atoms with E-state index in [9.17, 15) is 5.11 Å². The molecule has 0 aromatic heterocycles. The van der Waals surface area contributed by atoms with E-state index in [4.69, 9.17) is 0 Å². The van der Waals surface area contributed by atoms with Crippen LogP contribution in [0.1, 0.15) is 27.7 Å². The average molecular weight is 299 g/mol. The maximum atomic E-state index is 9.73. The lowest BCUT2D eigenvalue weighted by Crippen LogP contribution is -2.40. The first kappa shape index (κ1) is 13.7. The second-order valence-electron chi connectivity index (χ2n) is 4.09. The van der Waals surface area contributed by atoms with Crippen molar-refractivity contribution in [1.82, 2.24) is 4.90 Å². The lowest BCUT2D eigenvalue weighted by atomic mass is 10.1. The van der Waals surface area contributed by atoms with Crippen LogP contribution in [-0.4, -0.2) is 39.7 Å². The van der Waals surface area contributed by atoms with Crippen molar-refractivity contribution < 1.29 is 5.11 Å². The monoisotopic (exact) mass is 299 g/mol. The Kier molecular flexibility index (Phi) is 7.36. The second kappa shape index (κ2) is 7.01. The molecule has 0 bridgehead atoms. The highest BCUT2D eigenvalue weighted by Gasteiger charge is 2.16. The van der Waals surface area contributed by atoms with Gasteiger partial charge in [0.05, 0.1) is 6.10 Å². The number of hydrogen-bond donors (Lipinski definition) is 1. The maximum Gasteiger partial charge on any atom is 0.0690 e. The third kappa shape index (κ3) is 5.86. The van der Waals surface area contributed by atoms with Crippen LogP contribution >= 0.6 is 22.6 Å². The third-order valence-electron chi connectivity index (χ3n) is 2.29. The lowest BCUT2D eigenvalue weighted by Gasteiger charge is -2.29. The molecule has 0 heterocycles. The molecule has 0 aromatic carbocycles. The summed E-state index contributed by atoms with van der Waals surface area (Å²) in [4.78, 5) is 2.33. The Labute approximate surface area is 95.8 Å². The molecule has 0 aliphatic carbocycles. The number of aliphatic hydroxyl groups excluding tert-OH is 1. The Bertz CT molecular complexity index is 128. The van der Waals surface area contributed by atoms with Gasteiger partial charge in [0.25, 0.3) is 0 Å². The van der Waals surface area contributed by atoms with Gasteiger partial charge in [-0.1, -0.05) is 36.4 Å². The summed E-state index contributed by atoms with van der Waals surface area (Å²) >= 11 is 2.38. The fraction of sp³-hybridized carbons (Fsp3) is 1.00. The Balaban J connectivity index is 3.94. The molecule has 0 radical (unpaired) electrons. The van der Waals surface area contributed by atoms with Gasteiger partial charge in [0.1, 0.15) is 0 Å². The Morgan fingerprint density at radius 3 is 2.08 bits per heavy atom. The zero-order valence-corrected chi connectivity index (χ0v) is 11.3. The Hall–Kier alpha value is 0.650. The summed E-state index contributed by atoms with van der Waals surface area (Å²) < 4.78 is 1.13. The zero-order chi connectivity index (χ0) is 10.4. The molecule has 3 heteroatoms. The summed E-state index contributed by atoms with van der Waals surface area (Å²) in [5, 5.41) is 9.73. The number of aliphatic hydroxyl groups is 1. The molecule has 80 valence electrons. The van der Waals surface area contributed by atoms with Gasteiger partial charge in [0, 0.05) is 23.6 Å². The summed E-state index contributed by atoms with van der Waals surface area (Å²) in [6.07, 6.45) is -0.189. The van der Waals surface area contributed by atoms with Crippen molar-refractivity contribution in [3.63, 3.8) is 0 Å². The Morgan fingerprint density at radius 1 is 1.23 bits per heavy atom. The van der Waals surface area contributed by atoms with Crippen molar-refractivity contribution in [1.29, 1.82) is 0 Å². The van der Waals surface area contributed by atoms with Crippen LogP contribution in [0.4, 0.5) is 0 Å². The standard InChI is InChI=1S/C10H22INO/c1-8(2)10(13)7-12(6-5-11)9(3)4/h8-10,13H,5-7H2,1-4H3. The number of rotatable bonds is 6. The average Bonchev–Trinajstić information content (AvgIpc) is 2.03. The van der Waals surface area contributed by atoms with Crippen LogP contribution in [0.5, 0.6) is 0 Å². The summed E-state index contributed by atoms with van der Waals surface area (Å²) in [6.45, 7) is 10.4. The van der Waals surface area contributed by atoms with Gasteiger partial charge in [-0.3, -0.25) is 4.90 Å². The van der Waals surface area contributed by atoms with E-state index in [2.05, 4.69) is 55.2 Å². The van der Waals surface area contributed by atoms with Gasteiger partial charge in [0.15, 0.2) is 0 Å². The van der Waals surface area contributed by atoms with Crippen molar-refractivity contribution in [3.8, 4) is 0 Å². The molecule has 0 saturated heterocycles. The van der Waals surface area contributed by atoms with E-state index in [1.54, 1.807) is 0 Å². The third-order valence-corrected chi connectivity index (χ3v) is 2.78. The fourth-order valence-electron chi connectivity index (χ4n) is 1.12. The minimum atomic E-state index is -0.189. The predicted octanol–water partition coefficient (Wildman–Crippen LogP) is 2.15. The summed E-state index contributed by atoms with van der Waals surface area (Å²) in [6, 6.07) is 0.531. The molecule has 0 aliphatic rings. The first-order chi connectivity index (χ1) is 5.99. The first-order valence-electron chi connectivity index (χ1n) is 4.97. The van der Waals surface area contributed by atoms with Crippen molar-refractivity contribution in [2.75, 3.05) is 17.5 Å². The highest BCUT2D eigenvalue weighted by molar-refractivity contribution is 14.1. The normalized spacial score (nSPS) is 14.5. The summed E-state index contributed by atoms with van der Waals surface area (Å²) in [5.41, 5.74) is 0. The first-order valence-corrected chi connectivity index (χ1v) is 6.49. The van der Waals surface area contributed by atoms with Gasteiger partial charge in [0.2, 0.25) is 0 Å². The van der Waals surface area contributed by atoms with Gasteiger partial charge in [-0.15, -0.1) is 0 Å². The minimum absolute atomic E-state index is 0.189. The van der Waals surface area contributed by atoms with Gasteiger partial charge < -0.3 is 5.11 Å². The largest absolute Gasteiger partial charge is 0.392 e. The summed E-state index contributed by atoms with van der Waals surface area (Å²) in [7, 11) is 0.